The molecular weight excluding hydrogens is 358 g/mol. The number of ether oxygens (including phenoxy) is 2. The van der Waals surface area contributed by atoms with Gasteiger partial charge in [0, 0.05) is 20.2 Å². The van der Waals surface area contributed by atoms with Gasteiger partial charge in [-0.2, -0.15) is 9.90 Å². The lowest BCUT2D eigenvalue weighted by Gasteiger charge is -2.31. The molecular formula is C20H29N5O3. The van der Waals surface area contributed by atoms with E-state index in [1.165, 1.54) is 4.80 Å². The molecule has 1 aromatic heterocycles. The maximum absolute atomic E-state index is 12.9. The number of nitrogens with zero attached hydrogens (tertiary/aromatic N) is 4. The number of carbonyl (C=O) groups is 1. The van der Waals surface area contributed by atoms with E-state index in [4.69, 9.17) is 9.47 Å². The molecule has 0 aliphatic carbocycles. The van der Waals surface area contributed by atoms with Gasteiger partial charge in [0.1, 0.15) is 12.4 Å². The van der Waals surface area contributed by atoms with E-state index in [1.54, 1.807) is 7.11 Å². The van der Waals surface area contributed by atoms with Gasteiger partial charge in [-0.3, -0.25) is 4.79 Å². The third-order valence-electron chi connectivity index (χ3n) is 5.00. The largest absolute Gasteiger partial charge is 0.491 e. The van der Waals surface area contributed by atoms with Crippen molar-refractivity contribution in [2.24, 2.45) is 5.92 Å². The van der Waals surface area contributed by atoms with Gasteiger partial charge < -0.3 is 19.7 Å². The van der Waals surface area contributed by atoms with Gasteiger partial charge in [-0.15, -0.1) is 5.10 Å². The number of carbonyl (C=O) groups excluding carboxylic acids is 1. The highest BCUT2D eigenvalue weighted by Gasteiger charge is 2.26. The number of benzene rings is 1. The van der Waals surface area contributed by atoms with Gasteiger partial charge in [-0.1, -0.05) is 0 Å². The first-order valence-corrected chi connectivity index (χ1v) is 9.72. The molecule has 3 rings (SSSR count). The topological polar surface area (TPSA) is 81.5 Å². The van der Waals surface area contributed by atoms with Crippen molar-refractivity contribution in [3.05, 3.63) is 35.7 Å². The van der Waals surface area contributed by atoms with Crippen LogP contribution in [0.5, 0.6) is 5.75 Å². The molecule has 0 radical (unpaired) electrons. The summed E-state index contributed by atoms with van der Waals surface area (Å²) < 4.78 is 10.5. The van der Waals surface area contributed by atoms with Crippen LogP contribution < -0.4 is 10.1 Å². The second kappa shape index (κ2) is 9.66. The van der Waals surface area contributed by atoms with Crippen LogP contribution >= 0.6 is 0 Å². The standard InChI is InChI=1S/C20H29N5O3/c1-15-19(20(26)24-10-8-16(9-11-24)14-21-2)23-25(22-15)17-4-6-18(7-5-17)28-13-12-27-3/h4-7,16,21H,8-14H2,1-3H3. The number of amides is 1. The van der Waals surface area contributed by atoms with Crippen LogP contribution in [-0.4, -0.2) is 72.8 Å². The van der Waals surface area contributed by atoms with Gasteiger partial charge in [0.05, 0.1) is 18.0 Å². The van der Waals surface area contributed by atoms with Crippen molar-refractivity contribution in [1.29, 1.82) is 0 Å². The molecule has 2 aromatic rings. The Kier molecular flexibility index (Phi) is 7.00. The van der Waals surface area contributed by atoms with Crippen molar-refractivity contribution in [2.75, 3.05) is 47.0 Å². The van der Waals surface area contributed by atoms with Crippen LogP contribution in [0.25, 0.3) is 5.69 Å². The molecule has 1 fully saturated rings. The number of likely N-dealkylation sites (tertiary alicyclic amines) is 1. The van der Waals surface area contributed by atoms with E-state index in [9.17, 15) is 4.79 Å². The fraction of sp³-hybridized carbons (Fsp3) is 0.550. The Morgan fingerprint density at radius 2 is 1.89 bits per heavy atom. The maximum Gasteiger partial charge on any atom is 0.276 e. The van der Waals surface area contributed by atoms with Gasteiger partial charge in [0.25, 0.3) is 5.91 Å². The molecule has 1 N–H and O–H groups in total. The molecule has 28 heavy (non-hydrogen) atoms. The van der Waals surface area contributed by atoms with Crippen molar-refractivity contribution >= 4 is 5.91 Å². The fourth-order valence-corrected chi connectivity index (χ4v) is 3.39. The number of nitrogens with one attached hydrogen (secondary N) is 1. The molecule has 152 valence electrons. The van der Waals surface area contributed by atoms with Crippen LogP contribution in [0.2, 0.25) is 0 Å². The Labute approximate surface area is 165 Å². The van der Waals surface area contributed by atoms with Gasteiger partial charge in [-0.05, 0) is 63.5 Å². The summed E-state index contributed by atoms with van der Waals surface area (Å²) in [6.07, 6.45) is 2.04. The highest BCUT2D eigenvalue weighted by atomic mass is 16.5. The lowest BCUT2D eigenvalue weighted by atomic mass is 9.96. The predicted octanol–water partition coefficient (Wildman–Crippen LogP) is 1.67. The number of methoxy groups -OCH3 is 1. The molecule has 0 saturated carbocycles. The number of rotatable bonds is 8. The van der Waals surface area contributed by atoms with Crippen LogP contribution in [0.15, 0.2) is 24.3 Å². The van der Waals surface area contributed by atoms with E-state index in [0.29, 0.717) is 30.5 Å². The van der Waals surface area contributed by atoms with Crippen LogP contribution in [-0.2, 0) is 4.74 Å². The molecule has 0 bridgehead atoms. The lowest BCUT2D eigenvalue weighted by Crippen LogP contribution is -2.40. The summed E-state index contributed by atoms with van der Waals surface area (Å²) >= 11 is 0. The summed E-state index contributed by atoms with van der Waals surface area (Å²) in [5.74, 6) is 1.35. The Balaban J connectivity index is 1.65. The zero-order valence-electron chi connectivity index (χ0n) is 16.9. The van der Waals surface area contributed by atoms with Crippen molar-refractivity contribution in [3.63, 3.8) is 0 Å². The normalized spacial score (nSPS) is 15.0. The Bertz CT molecular complexity index is 767. The maximum atomic E-state index is 12.9. The molecule has 0 atom stereocenters. The molecule has 8 heteroatoms. The van der Waals surface area contributed by atoms with E-state index in [2.05, 4.69) is 15.5 Å². The van der Waals surface area contributed by atoms with Crippen molar-refractivity contribution in [1.82, 2.24) is 25.2 Å². The molecule has 8 nitrogen and oxygen atoms in total. The number of hydrogen-bond donors (Lipinski definition) is 1. The van der Waals surface area contributed by atoms with Crippen molar-refractivity contribution in [3.8, 4) is 11.4 Å². The molecule has 1 aliphatic heterocycles. The molecule has 2 heterocycles. The van der Waals surface area contributed by atoms with E-state index >= 15 is 0 Å². The van der Waals surface area contributed by atoms with E-state index in [0.717, 1.165) is 43.9 Å². The highest BCUT2D eigenvalue weighted by molar-refractivity contribution is 5.93. The van der Waals surface area contributed by atoms with Crippen LogP contribution in [0.4, 0.5) is 0 Å². The highest BCUT2D eigenvalue weighted by Crippen LogP contribution is 2.20. The summed E-state index contributed by atoms with van der Waals surface area (Å²) in [5, 5.41) is 12.1. The summed E-state index contributed by atoms with van der Waals surface area (Å²) in [6, 6.07) is 7.47. The minimum atomic E-state index is -0.0359. The third-order valence-corrected chi connectivity index (χ3v) is 5.00. The zero-order valence-corrected chi connectivity index (χ0v) is 16.9. The van der Waals surface area contributed by atoms with Crippen LogP contribution in [0, 0.1) is 12.8 Å². The fourth-order valence-electron chi connectivity index (χ4n) is 3.39. The molecule has 1 saturated heterocycles. The van der Waals surface area contributed by atoms with Gasteiger partial charge >= 0.3 is 0 Å². The molecule has 0 unspecified atom stereocenters. The average Bonchev–Trinajstić information content (AvgIpc) is 3.11. The second-order valence-corrected chi connectivity index (χ2v) is 7.05. The third kappa shape index (κ3) is 4.88. The Morgan fingerprint density at radius 3 is 2.54 bits per heavy atom. The zero-order chi connectivity index (χ0) is 19.9. The second-order valence-electron chi connectivity index (χ2n) is 7.05. The smallest absolute Gasteiger partial charge is 0.276 e. The number of aryl methyl sites for hydroxylation is 1. The monoisotopic (exact) mass is 387 g/mol. The van der Waals surface area contributed by atoms with Crippen LogP contribution in [0.3, 0.4) is 0 Å². The first kappa shape index (κ1) is 20.3. The first-order valence-electron chi connectivity index (χ1n) is 9.72. The Morgan fingerprint density at radius 1 is 1.18 bits per heavy atom. The lowest BCUT2D eigenvalue weighted by molar-refractivity contribution is 0.0683. The number of piperidine rings is 1. The number of hydrogen-bond acceptors (Lipinski definition) is 6. The summed E-state index contributed by atoms with van der Waals surface area (Å²) in [6.45, 7) is 5.41. The van der Waals surface area contributed by atoms with Crippen molar-refractivity contribution < 1.29 is 14.3 Å². The quantitative estimate of drug-likeness (QED) is 0.694. The summed E-state index contributed by atoms with van der Waals surface area (Å²) in [5.41, 5.74) is 1.85. The minimum absolute atomic E-state index is 0.0359. The number of aromatic nitrogens is 3. The van der Waals surface area contributed by atoms with Gasteiger partial charge in [0.15, 0.2) is 5.69 Å². The average molecular weight is 387 g/mol. The minimum Gasteiger partial charge on any atom is -0.491 e. The van der Waals surface area contributed by atoms with E-state index in [-0.39, 0.29) is 5.91 Å². The van der Waals surface area contributed by atoms with Crippen LogP contribution in [0.1, 0.15) is 29.0 Å². The van der Waals surface area contributed by atoms with E-state index < -0.39 is 0 Å². The van der Waals surface area contributed by atoms with Gasteiger partial charge in [0.2, 0.25) is 0 Å². The molecule has 1 aliphatic rings. The first-order chi connectivity index (χ1) is 13.6. The molecule has 1 aromatic carbocycles. The SMILES string of the molecule is CNCC1CCN(C(=O)c2nn(-c3ccc(OCCOC)cc3)nc2C)CC1. The summed E-state index contributed by atoms with van der Waals surface area (Å²) in [4.78, 5) is 16.3. The summed E-state index contributed by atoms with van der Waals surface area (Å²) in [7, 11) is 3.61. The van der Waals surface area contributed by atoms with Gasteiger partial charge in [-0.25, -0.2) is 0 Å². The predicted molar refractivity (Wildman–Crippen MR) is 106 cm³/mol. The van der Waals surface area contributed by atoms with E-state index in [1.807, 2.05) is 43.1 Å². The van der Waals surface area contributed by atoms with Crippen molar-refractivity contribution in [2.45, 2.75) is 19.8 Å². The molecule has 1 amide bonds. The molecule has 0 spiro atoms. The Hall–Kier alpha value is -2.45.